The molecule has 0 unspecified atom stereocenters. The summed E-state index contributed by atoms with van der Waals surface area (Å²) >= 11 is 0. The summed E-state index contributed by atoms with van der Waals surface area (Å²) in [6.07, 6.45) is 5.52. The van der Waals surface area contributed by atoms with Gasteiger partial charge in [-0.1, -0.05) is 42.7 Å². The maximum absolute atomic E-state index is 13.1. The molecule has 4 rings (SSSR count). The summed E-state index contributed by atoms with van der Waals surface area (Å²) in [4.78, 5) is 31.6. The van der Waals surface area contributed by atoms with Crippen LogP contribution in [0.15, 0.2) is 48.5 Å². The topological polar surface area (TPSA) is 43.9 Å². The molecule has 0 spiro atoms. The molecule has 5 heteroatoms. The Morgan fingerprint density at radius 2 is 1.60 bits per heavy atom. The Morgan fingerprint density at radius 1 is 0.867 bits per heavy atom. The highest BCUT2D eigenvalue weighted by Crippen LogP contribution is 2.23. The Labute approximate surface area is 179 Å². The van der Waals surface area contributed by atoms with Crippen molar-refractivity contribution in [3.8, 4) is 0 Å². The quantitative estimate of drug-likeness (QED) is 0.730. The largest absolute Gasteiger partial charge is 0.339 e. The number of likely N-dealkylation sites (tertiary alicyclic amines) is 1. The molecule has 5 nitrogen and oxygen atoms in total. The highest BCUT2D eigenvalue weighted by molar-refractivity contribution is 5.96. The zero-order chi connectivity index (χ0) is 20.9. The Balaban J connectivity index is 1.44. The number of aryl methyl sites for hydroxylation is 1. The van der Waals surface area contributed by atoms with Crippen molar-refractivity contribution in [2.45, 2.75) is 45.6 Å². The van der Waals surface area contributed by atoms with E-state index in [0.29, 0.717) is 18.7 Å². The zero-order valence-electron chi connectivity index (χ0n) is 17.8. The molecular formula is C25H31N3O2. The Hall–Kier alpha value is -2.82. The second-order valence-corrected chi connectivity index (χ2v) is 8.45. The average Bonchev–Trinajstić information content (AvgIpc) is 3.05. The molecule has 0 bridgehead atoms. The first kappa shape index (κ1) is 20.5. The van der Waals surface area contributed by atoms with E-state index in [0.717, 1.165) is 50.1 Å². The lowest BCUT2D eigenvalue weighted by molar-refractivity contribution is 0.0761. The van der Waals surface area contributed by atoms with E-state index >= 15 is 0 Å². The smallest absolute Gasteiger partial charge is 0.324 e. The number of urea groups is 1. The third-order valence-corrected chi connectivity index (χ3v) is 6.09. The number of amides is 3. The second kappa shape index (κ2) is 9.33. The monoisotopic (exact) mass is 405 g/mol. The molecule has 30 heavy (non-hydrogen) atoms. The van der Waals surface area contributed by atoms with Crippen molar-refractivity contribution < 1.29 is 9.59 Å². The minimum atomic E-state index is 0.0364. The van der Waals surface area contributed by atoms with E-state index in [1.807, 2.05) is 45.0 Å². The van der Waals surface area contributed by atoms with E-state index in [1.54, 1.807) is 0 Å². The first-order chi connectivity index (χ1) is 14.6. The number of hydrogen-bond acceptors (Lipinski definition) is 2. The molecule has 2 aromatic rings. The molecule has 2 fully saturated rings. The van der Waals surface area contributed by atoms with E-state index in [4.69, 9.17) is 0 Å². The molecule has 0 aromatic heterocycles. The van der Waals surface area contributed by atoms with Crippen LogP contribution in [0.2, 0.25) is 0 Å². The van der Waals surface area contributed by atoms with Gasteiger partial charge in [0.1, 0.15) is 0 Å². The molecule has 0 N–H and O–H groups in total. The predicted octanol–water partition coefficient (Wildman–Crippen LogP) is 4.84. The van der Waals surface area contributed by atoms with Gasteiger partial charge in [0.25, 0.3) is 5.91 Å². The molecule has 2 aliphatic heterocycles. The first-order valence-corrected chi connectivity index (χ1v) is 11.1. The van der Waals surface area contributed by atoms with Gasteiger partial charge in [0.15, 0.2) is 0 Å². The third kappa shape index (κ3) is 4.66. The molecule has 158 valence electrons. The highest BCUT2D eigenvalue weighted by atomic mass is 16.2. The van der Waals surface area contributed by atoms with Gasteiger partial charge in [-0.25, -0.2) is 4.79 Å². The second-order valence-electron chi connectivity index (χ2n) is 8.45. The molecule has 2 aromatic carbocycles. The van der Waals surface area contributed by atoms with Gasteiger partial charge in [-0.15, -0.1) is 0 Å². The molecule has 0 radical (unpaired) electrons. The van der Waals surface area contributed by atoms with Crippen molar-refractivity contribution >= 4 is 17.6 Å². The SMILES string of the molecule is Cc1cccc(CN2CCCN(c3ccc(C(=O)N4CCCCCC4)cc3)C2=O)c1. The van der Waals surface area contributed by atoms with Crippen molar-refractivity contribution in [3.63, 3.8) is 0 Å². The van der Waals surface area contributed by atoms with Gasteiger partial charge >= 0.3 is 6.03 Å². The molecule has 3 amide bonds. The summed E-state index contributed by atoms with van der Waals surface area (Å²) in [7, 11) is 0. The molecule has 0 atom stereocenters. The number of carbonyl (C=O) groups excluding carboxylic acids is 2. The van der Waals surface area contributed by atoms with Crippen LogP contribution < -0.4 is 4.90 Å². The molecule has 2 heterocycles. The van der Waals surface area contributed by atoms with Crippen LogP contribution in [0.4, 0.5) is 10.5 Å². The van der Waals surface area contributed by atoms with E-state index in [-0.39, 0.29) is 11.9 Å². The van der Waals surface area contributed by atoms with Crippen molar-refractivity contribution in [3.05, 3.63) is 65.2 Å². The number of hydrogen-bond donors (Lipinski definition) is 0. The average molecular weight is 406 g/mol. The number of nitrogens with zero attached hydrogens (tertiary/aromatic N) is 3. The maximum atomic E-state index is 13.1. The minimum Gasteiger partial charge on any atom is -0.339 e. The van der Waals surface area contributed by atoms with Crippen LogP contribution in [-0.4, -0.2) is 47.9 Å². The lowest BCUT2D eigenvalue weighted by Crippen LogP contribution is -2.49. The van der Waals surface area contributed by atoms with Crippen LogP contribution in [0, 0.1) is 6.92 Å². The third-order valence-electron chi connectivity index (χ3n) is 6.09. The summed E-state index contributed by atoms with van der Waals surface area (Å²) < 4.78 is 0. The fourth-order valence-corrected chi connectivity index (χ4v) is 4.44. The van der Waals surface area contributed by atoms with Gasteiger partial charge in [0.2, 0.25) is 0 Å². The van der Waals surface area contributed by atoms with E-state index < -0.39 is 0 Å². The lowest BCUT2D eigenvalue weighted by Gasteiger charge is -2.36. The summed E-state index contributed by atoms with van der Waals surface area (Å²) in [5.74, 6) is 0.106. The minimum absolute atomic E-state index is 0.0364. The van der Waals surface area contributed by atoms with Crippen molar-refractivity contribution in [2.75, 3.05) is 31.1 Å². The van der Waals surface area contributed by atoms with Gasteiger partial charge < -0.3 is 9.80 Å². The van der Waals surface area contributed by atoms with Crippen molar-refractivity contribution in [2.24, 2.45) is 0 Å². The van der Waals surface area contributed by atoms with Crippen LogP contribution in [0.1, 0.15) is 53.6 Å². The summed E-state index contributed by atoms with van der Waals surface area (Å²) in [5.41, 5.74) is 3.94. The molecular weight excluding hydrogens is 374 g/mol. The molecule has 2 aliphatic rings. The van der Waals surface area contributed by atoms with Gasteiger partial charge in [0.05, 0.1) is 0 Å². The number of anilines is 1. The Bertz CT molecular complexity index is 886. The van der Waals surface area contributed by atoms with Crippen molar-refractivity contribution in [1.29, 1.82) is 0 Å². The number of rotatable bonds is 4. The van der Waals surface area contributed by atoms with Crippen LogP contribution in [0.25, 0.3) is 0 Å². The van der Waals surface area contributed by atoms with Crippen molar-refractivity contribution in [1.82, 2.24) is 9.80 Å². The predicted molar refractivity (Wildman–Crippen MR) is 120 cm³/mol. The fraction of sp³-hybridized carbons (Fsp3) is 0.440. The lowest BCUT2D eigenvalue weighted by atomic mass is 10.1. The highest BCUT2D eigenvalue weighted by Gasteiger charge is 2.27. The maximum Gasteiger partial charge on any atom is 0.324 e. The Morgan fingerprint density at radius 3 is 2.30 bits per heavy atom. The fourth-order valence-electron chi connectivity index (χ4n) is 4.44. The summed E-state index contributed by atoms with van der Waals surface area (Å²) in [6, 6.07) is 15.9. The summed E-state index contributed by atoms with van der Waals surface area (Å²) in [6.45, 7) is 5.88. The van der Waals surface area contributed by atoms with Gasteiger partial charge in [0, 0.05) is 44.0 Å². The van der Waals surface area contributed by atoms with Crippen LogP contribution in [0.5, 0.6) is 0 Å². The normalized spacial score (nSPS) is 17.8. The molecule has 0 aliphatic carbocycles. The molecule has 2 saturated heterocycles. The van der Waals surface area contributed by atoms with E-state index in [1.165, 1.54) is 18.4 Å². The van der Waals surface area contributed by atoms with Gasteiger partial charge in [-0.3, -0.25) is 9.69 Å². The standard InChI is InChI=1S/C25H31N3O2/c1-20-8-6-9-21(18-20)19-27-16-7-17-28(25(27)30)23-12-10-22(11-13-23)24(29)26-14-4-2-3-5-15-26/h6,8-13,18H,2-5,7,14-17,19H2,1H3. The van der Waals surface area contributed by atoms with Crippen LogP contribution >= 0.6 is 0 Å². The zero-order valence-corrected chi connectivity index (χ0v) is 17.8. The van der Waals surface area contributed by atoms with Gasteiger partial charge in [-0.2, -0.15) is 0 Å². The van der Waals surface area contributed by atoms with E-state index in [9.17, 15) is 9.59 Å². The van der Waals surface area contributed by atoms with E-state index in [2.05, 4.69) is 25.1 Å². The van der Waals surface area contributed by atoms with Gasteiger partial charge in [-0.05, 0) is 56.0 Å². The Kier molecular flexibility index (Phi) is 6.36. The first-order valence-electron chi connectivity index (χ1n) is 11.1. The van der Waals surface area contributed by atoms with Crippen LogP contribution in [-0.2, 0) is 6.54 Å². The number of carbonyl (C=O) groups is 2. The number of benzene rings is 2. The molecule has 0 saturated carbocycles. The van der Waals surface area contributed by atoms with Crippen LogP contribution in [0.3, 0.4) is 0 Å². The summed E-state index contributed by atoms with van der Waals surface area (Å²) in [5, 5.41) is 0.